The van der Waals surface area contributed by atoms with Crippen LogP contribution in [0.2, 0.25) is 0 Å². The number of halogens is 1. The van der Waals surface area contributed by atoms with E-state index in [2.05, 4.69) is 26.1 Å². The molecule has 2 rings (SSSR count). The molecule has 0 heterocycles. The number of amides is 1. The van der Waals surface area contributed by atoms with Crippen LogP contribution in [0.15, 0.2) is 0 Å². The molecule has 118 valence electrons. The molecule has 0 radical (unpaired) electrons. The van der Waals surface area contributed by atoms with Crippen molar-refractivity contribution in [3.63, 3.8) is 0 Å². The molecule has 0 spiro atoms. The first-order valence-electron chi connectivity index (χ1n) is 7.37. The van der Waals surface area contributed by atoms with Crippen LogP contribution in [-0.2, 0) is 9.53 Å². The Bertz CT molecular complexity index is 358. The van der Waals surface area contributed by atoms with Gasteiger partial charge in [-0.25, -0.2) is 0 Å². The number of methoxy groups -OCH3 is 1. The minimum Gasteiger partial charge on any atom is -0.380 e. The molecule has 2 fully saturated rings. The van der Waals surface area contributed by atoms with Gasteiger partial charge in [0.15, 0.2) is 0 Å². The zero-order valence-electron chi connectivity index (χ0n) is 13.1. The van der Waals surface area contributed by atoms with Crippen molar-refractivity contribution in [3.8, 4) is 0 Å². The highest BCUT2D eigenvalue weighted by molar-refractivity contribution is 5.85. The van der Waals surface area contributed by atoms with Crippen molar-refractivity contribution in [3.05, 3.63) is 0 Å². The predicted octanol–water partition coefficient (Wildman–Crippen LogP) is 2.10. The fraction of sp³-hybridized carbons (Fsp3) is 0.933. The van der Waals surface area contributed by atoms with E-state index in [0.717, 1.165) is 12.3 Å². The lowest BCUT2D eigenvalue weighted by molar-refractivity contribution is -0.125. The van der Waals surface area contributed by atoms with E-state index in [4.69, 9.17) is 10.5 Å². The van der Waals surface area contributed by atoms with Crippen LogP contribution in [0.1, 0.15) is 46.5 Å². The first-order chi connectivity index (χ1) is 8.85. The summed E-state index contributed by atoms with van der Waals surface area (Å²) in [5.41, 5.74) is 6.13. The molecule has 4 unspecified atom stereocenters. The SMILES string of the molecule is COC(CN)CC(=O)NC1CC2CCC1(C)C2(C)C.Cl. The molecule has 0 saturated heterocycles. The summed E-state index contributed by atoms with van der Waals surface area (Å²) in [6.07, 6.45) is 3.85. The maximum atomic E-state index is 12.1. The van der Waals surface area contributed by atoms with Crippen LogP contribution in [-0.4, -0.2) is 31.7 Å². The van der Waals surface area contributed by atoms with Gasteiger partial charge in [-0.1, -0.05) is 20.8 Å². The number of nitrogens with one attached hydrogen (secondary N) is 1. The molecule has 0 aliphatic heterocycles. The fourth-order valence-corrected chi connectivity index (χ4v) is 4.14. The minimum absolute atomic E-state index is 0. The summed E-state index contributed by atoms with van der Waals surface area (Å²) in [6, 6.07) is 0.309. The van der Waals surface area contributed by atoms with Gasteiger partial charge in [-0.2, -0.15) is 0 Å². The summed E-state index contributed by atoms with van der Waals surface area (Å²) in [4.78, 5) is 12.1. The number of carbonyl (C=O) groups is 1. The van der Waals surface area contributed by atoms with E-state index < -0.39 is 0 Å². The maximum Gasteiger partial charge on any atom is 0.222 e. The van der Waals surface area contributed by atoms with Crippen LogP contribution in [0.3, 0.4) is 0 Å². The molecule has 2 bridgehead atoms. The largest absolute Gasteiger partial charge is 0.380 e. The van der Waals surface area contributed by atoms with Gasteiger partial charge in [-0.3, -0.25) is 4.79 Å². The molecule has 0 aromatic rings. The second kappa shape index (κ2) is 6.20. The predicted molar refractivity (Wildman–Crippen MR) is 82.9 cm³/mol. The monoisotopic (exact) mass is 304 g/mol. The normalized spacial score (nSPS) is 35.5. The van der Waals surface area contributed by atoms with Crippen molar-refractivity contribution in [2.24, 2.45) is 22.5 Å². The van der Waals surface area contributed by atoms with E-state index in [1.807, 2.05) is 0 Å². The summed E-state index contributed by atoms with van der Waals surface area (Å²) in [7, 11) is 1.60. The summed E-state index contributed by atoms with van der Waals surface area (Å²) < 4.78 is 5.18. The Labute approximate surface area is 128 Å². The van der Waals surface area contributed by atoms with Gasteiger partial charge in [-0.05, 0) is 36.0 Å². The van der Waals surface area contributed by atoms with Gasteiger partial charge in [0, 0.05) is 19.7 Å². The van der Waals surface area contributed by atoms with E-state index in [1.54, 1.807) is 7.11 Å². The summed E-state index contributed by atoms with van der Waals surface area (Å²) in [6.45, 7) is 7.44. The van der Waals surface area contributed by atoms with Crippen molar-refractivity contribution in [1.82, 2.24) is 5.32 Å². The van der Waals surface area contributed by atoms with E-state index in [0.29, 0.717) is 24.4 Å². The highest BCUT2D eigenvalue weighted by Gasteiger charge is 2.61. The van der Waals surface area contributed by atoms with E-state index >= 15 is 0 Å². The first-order valence-corrected chi connectivity index (χ1v) is 7.37. The fourth-order valence-electron chi connectivity index (χ4n) is 4.14. The molecular formula is C15H29ClN2O2. The van der Waals surface area contributed by atoms with Crippen molar-refractivity contribution < 1.29 is 9.53 Å². The van der Waals surface area contributed by atoms with Crippen LogP contribution in [0.25, 0.3) is 0 Å². The molecule has 0 aromatic heterocycles. The minimum atomic E-state index is -0.167. The summed E-state index contributed by atoms with van der Waals surface area (Å²) in [5, 5.41) is 3.23. The van der Waals surface area contributed by atoms with E-state index in [9.17, 15) is 4.79 Å². The molecule has 1 amide bonds. The van der Waals surface area contributed by atoms with Crippen LogP contribution in [0.5, 0.6) is 0 Å². The molecule has 3 N–H and O–H groups in total. The maximum absolute atomic E-state index is 12.1. The van der Waals surface area contributed by atoms with Crippen LogP contribution < -0.4 is 11.1 Å². The smallest absolute Gasteiger partial charge is 0.222 e. The molecular weight excluding hydrogens is 276 g/mol. The molecule has 4 atom stereocenters. The van der Waals surface area contributed by atoms with Gasteiger partial charge in [-0.15, -0.1) is 12.4 Å². The molecule has 4 nitrogen and oxygen atoms in total. The van der Waals surface area contributed by atoms with Crippen molar-refractivity contribution in [2.45, 2.75) is 58.6 Å². The second-order valence-electron chi connectivity index (χ2n) is 7.03. The van der Waals surface area contributed by atoms with Gasteiger partial charge >= 0.3 is 0 Å². The van der Waals surface area contributed by atoms with Crippen molar-refractivity contribution >= 4 is 18.3 Å². The highest BCUT2D eigenvalue weighted by atomic mass is 35.5. The van der Waals surface area contributed by atoms with Gasteiger partial charge in [0.1, 0.15) is 0 Å². The lowest BCUT2D eigenvalue weighted by Gasteiger charge is -2.39. The number of hydrogen-bond donors (Lipinski definition) is 2. The topological polar surface area (TPSA) is 64.3 Å². The molecule has 2 aliphatic rings. The Hall–Kier alpha value is -0.320. The van der Waals surface area contributed by atoms with E-state index in [-0.39, 0.29) is 29.8 Å². The summed E-state index contributed by atoms with van der Waals surface area (Å²) in [5.74, 6) is 0.822. The van der Waals surface area contributed by atoms with Gasteiger partial charge in [0.25, 0.3) is 0 Å². The zero-order valence-corrected chi connectivity index (χ0v) is 13.9. The highest BCUT2D eigenvalue weighted by Crippen LogP contribution is 2.65. The lowest BCUT2D eigenvalue weighted by Crippen LogP contribution is -2.47. The molecule has 2 saturated carbocycles. The van der Waals surface area contributed by atoms with Crippen molar-refractivity contribution in [2.75, 3.05) is 13.7 Å². The molecule has 0 aromatic carbocycles. The number of hydrogen-bond acceptors (Lipinski definition) is 3. The molecule has 20 heavy (non-hydrogen) atoms. The third-order valence-electron chi connectivity index (χ3n) is 6.14. The second-order valence-corrected chi connectivity index (χ2v) is 7.03. The van der Waals surface area contributed by atoms with Crippen molar-refractivity contribution in [1.29, 1.82) is 0 Å². The Morgan fingerprint density at radius 2 is 2.10 bits per heavy atom. The number of fused-ring (bicyclic) bond motifs is 2. The lowest BCUT2D eigenvalue weighted by atomic mass is 9.69. The Balaban J connectivity index is 0.00000200. The molecule has 2 aliphatic carbocycles. The number of rotatable bonds is 5. The average Bonchev–Trinajstić information content (AvgIpc) is 2.69. The Morgan fingerprint density at radius 3 is 2.50 bits per heavy atom. The zero-order chi connectivity index (χ0) is 14.3. The van der Waals surface area contributed by atoms with E-state index in [1.165, 1.54) is 12.8 Å². The van der Waals surface area contributed by atoms with Crippen LogP contribution >= 0.6 is 12.4 Å². The Kier molecular flexibility index (Phi) is 5.50. The van der Waals surface area contributed by atoms with Crippen LogP contribution in [0, 0.1) is 16.7 Å². The third kappa shape index (κ3) is 2.70. The number of nitrogens with two attached hydrogens (primary N) is 1. The Morgan fingerprint density at radius 1 is 1.45 bits per heavy atom. The average molecular weight is 305 g/mol. The number of ether oxygens (including phenoxy) is 1. The van der Waals surface area contributed by atoms with Gasteiger partial charge in [0.2, 0.25) is 5.91 Å². The number of carbonyl (C=O) groups excluding carboxylic acids is 1. The first kappa shape index (κ1) is 17.7. The van der Waals surface area contributed by atoms with Gasteiger partial charge in [0.05, 0.1) is 12.5 Å². The standard InChI is InChI=1S/C15H28N2O2.ClH/c1-14(2)10-5-6-15(14,3)12(7-10)17-13(18)8-11(9-16)19-4;/h10-12H,5-9,16H2,1-4H3,(H,17,18);1H. The molecule has 5 heteroatoms. The quantitative estimate of drug-likeness (QED) is 0.817. The third-order valence-corrected chi connectivity index (χ3v) is 6.14. The van der Waals surface area contributed by atoms with Crippen LogP contribution in [0.4, 0.5) is 0 Å². The summed E-state index contributed by atoms with van der Waals surface area (Å²) >= 11 is 0. The van der Waals surface area contributed by atoms with Gasteiger partial charge < -0.3 is 15.8 Å².